The van der Waals surface area contributed by atoms with Crippen molar-refractivity contribution in [1.29, 1.82) is 0 Å². The SMILES string of the molecule is Cc1cccc(NC(=O)C(C)Nc2ccc(C(C)C)cc2)c1. The van der Waals surface area contributed by atoms with Crippen LogP contribution in [-0.4, -0.2) is 11.9 Å². The van der Waals surface area contributed by atoms with Crippen LogP contribution in [0.25, 0.3) is 0 Å². The summed E-state index contributed by atoms with van der Waals surface area (Å²) >= 11 is 0. The summed E-state index contributed by atoms with van der Waals surface area (Å²) in [4.78, 5) is 12.2. The minimum absolute atomic E-state index is 0.0430. The lowest BCUT2D eigenvalue weighted by Gasteiger charge is -2.16. The third-order valence-corrected chi connectivity index (χ3v) is 3.64. The Morgan fingerprint density at radius 1 is 0.955 bits per heavy atom. The van der Waals surface area contributed by atoms with Gasteiger partial charge in [0, 0.05) is 11.4 Å². The van der Waals surface area contributed by atoms with Crippen LogP contribution in [0.5, 0.6) is 0 Å². The molecule has 0 aromatic heterocycles. The number of rotatable bonds is 5. The van der Waals surface area contributed by atoms with Crippen LogP contribution in [0.15, 0.2) is 48.5 Å². The summed E-state index contributed by atoms with van der Waals surface area (Å²) in [5.74, 6) is 0.467. The summed E-state index contributed by atoms with van der Waals surface area (Å²) in [7, 11) is 0. The largest absolute Gasteiger partial charge is 0.374 e. The number of nitrogens with one attached hydrogen (secondary N) is 2. The second-order valence-electron chi connectivity index (χ2n) is 6.00. The van der Waals surface area contributed by atoms with E-state index in [4.69, 9.17) is 0 Å². The molecule has 0 bridgehead atoms. The Kier molecular flexibility index (Phi) is 5.21. The van der Waals surface area contributed by atoms with E-state index < -0.39 is 0 Å². The summed E-state index contributed by atoms with van der Waals surface area (Å²) < 4.78 is 0. The molecule has 0 aliphatic carbocycles. The molecule has 3 heteroatoms. The maximum absolute atomic E-state index is 12.2. The molecule has 0 aliphatic rings. The summed E-state index contributed by atoms with van der Waals surface area (Å²) in [5, 5.41) is 6.16. The molecular formula is C19H24N2O. The highest BCUT2D eigenvalue weighted by atomic mass is 16.2. The van der Waals surface area contributed by atoms with E-state index in [0.717, 1.165) is 16.9 Å². The molecule has 2 rings (SSSR count). The van der Waals surface area contributed by atoms with Crippen molar-refractivity contribution in [2.45, 2.75) is 39.7 Å². The molecule has 3 nitrogen and oxygen atoms in total. The third-order valence-electron chi connectivity index (χ3n) is 3.64. The lowest BCUT2D eigenvalue weighted by Crippen LogP contribution is -2.31. The van der Waals surface area contributed by atoms with Gasteiger partial charge in [0.05, 0.1) is 0 Å². The van der Waals surface area contributed by atoms with Crippen molar-refractivity contribution in [3.63, 3.8) is 0 Å². The summed E-state index contributed by atoms with van der Waals surface area (Å²) in [6.45, 7) is 8.20. The van der Waals surface area contributed by atoms with E-state index in [1.807, 2.05) is 50.2 Å². The van der Waals surface area contributed by atoms with Gasteiger partial charge in [-0.15, -0.1) is 0 Å². The smallest absolute Gasteiger partial charge is 0.246 e. The van der Waals surface area contributed by atoms with E-state index >= 15 is 0 Å². The predicted octanol–water partition coefficient (Wildman–Crippen LogP) is 4.56. The van der Waals surface area contributed by atoms with Gasteiger partial charge in [-0.2, -0.15) is 0 Å². The fraction of sp³-hybridized carbons (Fsp3) is 0.316. The zero-order chi connectivity index (χ0) is 16.1. The van der Waals surface area contributed by atoms with Crippen molar-refractivity contribution in [1.82, 2.24) is 0 Å². The van der Waals surface area contributed by atoms with Gasteiger partial charge >= 0.3 is 0 Å². The Hall–Kier alpha value is -2.29. The quantitative estimate of drug-likeness (QED) is 0.849. The van der Waals surface area contributed by atoms with Crippen molar-refractivity contribution < 1.29 is 4.79 Å². The van der Waals surface area contributed by atoms with E-state index in [1.165, 1.54) is 5.56 Å². The number of anilines is 2. The molecule has 0 saturated carbocycles. The van der Waals surface area contributed by atoms with E-state index in [0.29, 0.717) is 5.92 Å². The Bertz CT molecular complexity index is 632. The highest BCUT2D eigenvalue weighted by Crippen LogP contribution is 2.18. The Morgan fingerprint density at radius 2 is 1.64 bits per heavy atom. The topological polar surface area (TPSA) is 41.1 Å². The first-order valence-corrected chi connectivity index (χ1v) is 7.69. The van der Waals surface area contributed by atoms with E-state index in [-0.39, 0.29) is 11.9 Å². The maximum atomic E-state index is 12.2. The molecule has 0 spiro atoms. The van der Waals surface area contributed by atoms with Crippen LogP contribution in [0.1, 0.15) is 37.8 Å². The van der Waals surface area contributed by atoms with Crippen LogP contribution in [0.2, 0.25) is 0 Å². The molecule has 2 N–H and O–H groups in total. The fourth-order valence-corrected chi connectivity index (χ4v) is 2.25. The predicted molar refractivity (Wildman–Crippen MR) is 93.4 cm³/mol. The van der Waals surface area contributed by atoms with Crippen LogP contribution in [0.4, 0.5) is 11.4 Å². The molecule has 1 amide bonds. The van der Waals surface area contributed by atoms with Crippen LogP contribution in [0, 0.1) is 6.92 Å². The second kappa shape index (κ2) is 7.12. The van der Waals surface area contributed by atoms with E-state index in [1.54, 1.807) is 0 Å². The number of carbonyl (C=O) groups excluding carboxylic acids is 1. The molecule has 0 saturated heterocycles. The normalized spacial score (nSPS) is 12.0. The van der Waals surface area contributed by atoms with E-state index in [9.17, 15) is 4.79 Å². The zero-order valence-corrected chi connectivity index (χ0v) is 13.7. The van der Waals surface area contributed by atoms with Crippen LogP contribution in [0.3, 0.4) is 0 Å². The molecule has 0 aliphatic heterocycles. The maximum Gasteiger partial charge on any atom is 0.246 e. The molecule has 116 valence electrons. The van der Waals surface area contributed by atoms with Crippen molar-refractivity contribution in [3.05, 3.63) is 59.7 Å². The minimum Gasteiger partial charge on any atom is -0.374 e. The number of amides is 1. The number of aryl methyl sites for hydroxylation is 1. The zero-order valence-electron chi connectivity index (χ0n) is 13.7. The Balaban J connectivity index is 1.96. The molecule has 2 aromatic rings. The Morgan fingerprint density at radius 3 is 2.23 bits per heavy atom. The van der Waals surface area contributed by atoms with Crippen LogP contribution < -0.4 is 10.6 Å². The highest BCUT2D eigenvalue weighted by Gasteiger charge is 2.13. The molecule has 0 radical (unpaired) electrons. The first-order chi connectivity index (χ1) is 10.5. The lowest BCUT2D eigenvalue weighted by molar-refractivity contribution is -0.116. The number of hydrogen-bond acceptors (Lipinski definition) is 2. The average Bonchev–Trinajstić information content (AvgIpc) is 2.47. The average molecular weight is 296 g/mol. The van der Waals surface area contributed by atoms with Gasteiger partial charge in [-0.05, 0) is 55.2 Å². The molecular weight excluding hydrogens is 272 g/mol. The standard InChI is InChI=1S/C19H24N2O/c1-13(2)16-8-10-17(11-9-16)20-15(4)19(22)21-18-7-5-6-14(3)12-18/h5-13,15,20H,1-4H3,(H,21,22). The van der Waals surface area contributed by atoms with Crippen LogP contribution >= 0.6 is 0 Å². The minimum atomic E-state index is -0.301. The van der Waals surface area contributed by atoms with E-state index in [2.05, 4.69) is 36.6 Å². The van der Waals surface area contributed by atoms with Gasteiger partial charge in [0.15, 0.2) is 0 Å². The highest BCUT2D eigenvalue weighted by molar-refractivity contribution is 5.96. The first-order valence-electron chi connectivity index (χ1n) is 7.69. The Labute approximate surface area is 132 Å². The lowest BCUT2D eigenvalue weighted by atomic mass is 10.0. The summed E-state index contributed by atoms with van der Waals surface area (Å²) in [6, 6.07) is 15.7. The van der Waals surface area contributed by atoms with Gasteiger partial charge in [0.25, 0.3) is 0 Å². The third kappa shape index (κ3) is 4.35. The summed E-state index contributed by atoms with van der Waals surface area (Å²) in [6.07, 6.45) is 0. The molecule has 22 heavy (non-hydrogen) atoms. The fourth-order valence-electron chi connectivity index (χ4n) is 2.25. The first kappa shape index (κ1) is 16.1. The van der Waals surface area contributed by atoms with Crippen LogP contribution in [-0.2, 0) is 4.79 Å². The van der Waals surface area contributed by atoms with Gasteiger partial charge in [0.1, 0.15) is 6.04 Å². The number of benzene rings is 2. The number of hydrogen-bond donors (Lipinski definition) is 2. The second-order valence-corrected chi connectivity index (χ2v) is 6.00. The van der Waals surface area contributed by atoms with Crippen molar-refractivity contribution in [2.75, 3.05) is 10.6 Å². The molecule has 2 aromatic carbocycles. The molecule has 1 unspecified atom stereocenters. The van der Waals surface area contributed by atoms with Gasteiger partial charge in [-0.1, -0.05) is 38.1 Å². The van der Waals surface area contributed by atoms with Gasteiger partial charge < -0.3 is 10.6 Å². The molecule has 1 atom stereocenters. The van der Waals surface area contributed by atoms with Crippen molar-refractivity contribution in [2.24, 2.45) is 0 Å². The molecule has 0 fully saturated rings. The van der Waals surface area contributed by atoms with Gasteiger partial charge in [-0.3, -0.25) is 4.79 Å². The van der Waals surface area contributed by atoms with Crippen molar-refractivity contribution in [3.8, 4) is 0 Å². The summed E-state index contributed by atoms with van der Waals surface area (Å²) in [5.41, 5.74) is 4.20. The van der Waals surface area contributed by atoms with Crippen molar-refractivity contribution >= 4 is 17.3 Å². The molecule has 0 heterocycles. The number of carbonyl (C=O) groups is 1. The van der Waals surface area contributed by atoms with Gasteiger partial charge in [-0.25, -0.2) is 0 Å². The van der Waals surface area contributed by atoms with Gasteiger partial charge in [0.2, 0.25) is 5.91 Å². The monoisotopic (exact) mass is 296 g/mol.